The van der Waals surface area contributed by atoms with Crippen molar-refractivity contribution in [3.8, 4) is 0 Å². The molecule has 0 heterocycles. The molecule has 1 aliphatic rings. The molecule has 0 fully saturated rings. The molecule has 17 heavy (non-hydrogen) atoms. The molecule has 0 aliphatic heterocycles. The van der Waals surface area contributed by atoms with Crippen LogP contribution in [0.5, 0.6) is 0 Å². The van der Waals surface area contributed by atoms with Crippen molar-refractivity contribution < 1.29 is 14.4 Å². The van der Waals surface area contributed by atoms with Gasteiger partial charge in [0.15, 0.2) is 11.6 Å². The van der Waals surface area contributed by atoms with Gasteiger partial charge in [0.05, 0.1) is 0 Å². The minimum atomic E-state index is -0.542. The predicted octanol–water partition coefficient (Wildman–Crippen LogP) is 2.22. The molecule has 0 saturated carbocycles. The summed E-state index contributed by atoms with van der Waals surface area (Å²) in [6, 6.07) is 6.71. The molecule has 1 aromatic carbocycles. The van der Waals surface area contributed by atoms with Crippen molar-refractivity contribution in [1.82, 2.24) is 0 Å². The molecule has 86 valence electrons. The molecular weight excluding hydrogens is 216 g/mol. The number of Topliss-reactive ketones (excluding diaryl/α,β-unsaturated/α-hetero) is 2. The Morgan fingerprint density at radius 2 is 1.59 bits per heavy atom. The molecule has 0 spiro atoms. The van der Waals surface area contributed by atoms with Gasteiger partial charge in [0.1, 0.15) is 6.29 Å². The first-order valence-corrected chi connectivity index (χ1v) is 5.42. The highest BCUT2D eigenvalue weighted by molar-refractivity contribution is 6.27. The largest absolute Gasteiger partial charge is 0.303 e. The van der Waals surface area contributed by atoms with E-state index in [4.69, 9.17) is 0 Å². The van der Waals surface area contributed by atoms with Crippen LogP contribution >= 0.6 is 0 Å². The van der Waals surface area contributed by atoms with E-state index in [0.717, 1.165) is 0 Å². The van der Waals surface area contributed by atoms with E-state index in [2.05, 4.69) is 0 Å². The number of allylic oxidation sites excluding steroid dienone is 2. The van der Waals surface area contributed by atoms with Crippen LogP contribution in [-0.4, -0.2) is 17.9 Å². The second-order valence-electron chi connectivity index (χ2n) is 4.17. The van der Waals surface area contributed by atoms with E-state index >= 15 is 0 Å². The third kappa shape index (κ3) is 1.64. The van der Waals surface area contributed by atoms with Gasteiger partial charge in [-0.2, -0.15) is 0 Å². The predicted molar refractivity (Wildman–Crippen MR) is 63.0 cm³/mol. The van der Waals surface area contributed by atoms with Gasteiger partial charge in [-0.15, -0.1) is 0 Å². The summed E-state index contributed by atoms with van der Waals surface area (Å²) >= 11 is 0. The Balaban J connectivity index is 2.66. The van der Waals surface area contributed by atoms with Gasteiger partial charge >= 0.3 is 0 Å². The Kier molecular flexibility index (Phi) is 2.76. The Morgan fingerprint density at radius 3 is 2.12 bits per heavy atom. The summed E-state index contributed by atoms with van der Waals surface area (Å²) in [4.78, 5) is 35.1. The van der Waals surface area contributed by atoms with Gasteiger partial charge in [-0.3, -0.25) is 9.59 Å². The van der Waals surface area contributed by atoms with Gasteiger partial charge in [0.2, 0.25) is 0 Å². The molecule has 3 nitrogen and oxygen atoms in total. The fraction of sp³-hybridized carbons (Fsp3) is 0.214. The summed E-state index contributed by atoms with van der Waals surface area (Å²) in [6.45, 7) is 3.23. The number of fused-ring (bicyclic) bond motifs is 1. The summed E-state index contributed by atoms with van der Waals surface area (Å²) in [5, 5.41) is 0. The lowest BCUT2D eigenvalue weighted by Crippen LogP contribution is -2.24. The zero-order valence-electron chi connectivity index (χ0n) is 9.69. The molecule has 1 aliphatic carbocycles. The average Bonchev–Trinajstić information content (AvgIpc) is 2.36. The van der Waals surface area contributed by atoms with Crippen LogP contribution in [0.3, 0.4) is 0 Å². The van der Waals surface area contributed by atoms with Crippen LogP contribution in [0.2, 0.25) is 0 Å². The number of carbonyl (C=O) groups is 3. The molecule has 0 amide bonds. The van der Waals surface area contributed by atoms with Crippen molar-refractivity contribution in [2.45, 2.75) is 13.8 Å². The smallest absolute Gasteiger partial charge is 0.190 e. The third-order valence-electron chi connectivity index (χ3n) is 3.07. The highest BCUT2D eigenvalue weighted by Crippen LogP contribution is 2.29. The van der Waals surface area contributed by atoms with Crippen LogP contribution in [0.4, 0.5) is 0 Å². The van der Waals surface area contributed by atoms with Gasteiger partial charge < -0.3 is 4.79 Å². The normalized spacial score (nSPS) is 16.8. The molecule has 0 N–H and O–H groups in total. The first-order valence-electron chi connectivity index (χ1n) is 5.42. The summed E-state index contributed by atoms with van der Waals surface area (Å²) < 4.78 is 0. The molecule has 3 heteroatoms. The SMILES string of the molecule is CC1=C(C(C)C=O)C(=O)c2ccccc2C1=O. The van der Waals surface area contributed by atoms with Gasteiger partial charge in [0, 0.05) is 28.2 Å². The van der Waals surface area contributed by atoms with Crippen LogP contribution in [0.15, 0.2) is 35.4 Å². The number of carbonyl (C=O) groups excluding carboxylic acids is 3. The number of aldehydes is 1. The molecule has 0 radical (unpaired) electrons. The number of hydrogen-bond donors (Lipinski definition) is 0. The second kappa shape index (κ2) is 4.09. The highest BCUT2D eigenvalue weighted by atomic mass is 16.1. The lowest BCUT2D eigenvalue weighted by atomic mass is 9.80. The second-order valence-corrected chi connectivity index (χ2v) is 4.17. The Labute approximate surface area is 99.1 Å². The first-order chi connectivity index (χ1) is 8.07. The maximum atomic E-state index is 12.2. The van der Waals surface area contributed by atoms with E-state index in [0.29, 0.717) is 28.6 Å². The summed E-state index contributed by atoms with van der Waals surface area (Å²) in [5.41, 5.74) is 1.53. The van der Waals surface area contributed by atoms with Gasteiger partial charge in [-0.25, -0.2) is 0 Å². The van der Waals surface area contributed by atoms with E-state index in [9.17, 15) is 14.4 Å². The van der Waals surface area contributed by atoms with Crippen molar-refractivity contribution in [3.05, 3.63) is 46.5 Å². The van der Waals surface area contributed by atoms with Crippen LogP contribution in [-0.2, 0) is 4.79 Å². The minimum absolute atomic E-state index is 0.163. The number of hydrogen-bond acceptors (Lipinski definition) is 3. The summed E-state index contributed by atoms with van der Waals surface area (Å²) in [6.07, 6.45) is 0.692. The number of benzene rings is 1. The van der Waals surface area contributed by atoms with Crippen molar-refractivity contribution >= 4 is 17.9 Å². The van der Waals surface area contributed by atoms with Gasteiger partial charge in [-0.1, -0.05) is 31.2 Å². The molecule has 1 atom stereocenters. The highest BCUT2D eigenvalue weighted by Gasteiger charge is 2.31. The van der Waals surface area contributed by atoms with Crippen LogP contribution in [0.1, 0.15) is 34.6 Å². The minimum Gasteiger partial charge on any atom is -0.303 e. The number of rotatable bonds is 2. The third-order valence-corrected chi connectivity index (χ3v) is 3.07. The molecular formula is C14H12O3. The standard InChI is InChI=1S/C14H12O3/c1-8(7-15)12-9(2)13(16)10-5-3-4-6-11(10)14(12)17/h3-8H,1-2H3. The van der Waals surface area contributed by atoms with Gasteiger partial charge in [0.25, 0.3) is 0 Å². The molecule has 1 unspecified atom stereocenters. The Hall–Kier alpha value is -2.03. The zero-order chi connectivity index (χ0) is 12.6. The van der Waals surface area contributed by atoms with Crippen molar-refractivity contribution in [1.29, 1.82) is 0 Å². The quantitative estimate of drug-likeness (QED) is 0.729. The van der Waals surface area contributed by atoms with Crippen LogP contribution in [0, 0.1) is 5.92 Å². The summed E-state index contributed by atoms with van der Waals surface area (Å²) in [7, 11) is 0. The molecule has 0 aromatic heterocycles. The monoisotopic (exact) mass is 228 g/mol. The maximum absolute atomic E-state index is 12.2. The van der Waals surface area contributed by atoms with E-state index in [1.807, 2.05) is 0 Å². The average molecular weight is 228 g/mol. The Morgan fingerprint density at radius 1 is 1.06 bits per heavy atom. The van der Waals surface area contributed by atoms with Crippen molar-refractivity contribution in [3.63, 3.8) is 0 Å². The lowest BCUT2D eigenvalue weighted by molar-refractivity contribution is -0.109. The molecule has 0 saturated heterocycles. The van der Waals surface area contributed by atoms with E-state index in [-0.39, 0.29) is 11.6 Å². The fourth-order valence-electron chi connectivity index (χ4n) is 2.14. The first kappa shape index (κ1) is 11.5. The maximum Gasteiger partial charge on any atom is 0.190 e. The van der Waals surface area contributed by atoms with Crippen molar-refractivity contribution in [2.75, 3.05) is 0 Å². The topological polar surface area (TPSA) is 51.2 Å². The van der Waals surface area contributed by atoms with E-state index in [1.165, 1.54) is 0 Å². The van der Waals surface area contributed by atoms with Crippen molar-refractivity contribution in [2.24, 2.45) is 5.92 Å². The molecule has 2 rings (SSSR count). The number of ketones is 2. The summed E-state index contributed by atoms with van der Waals surface area (Å²) in [5.74, 6) is -0.916. The zero-order valence-corrected chi connectivity index (χ0v) is 9.69. The Bertz CT molecular complexity index is 552. The van der Waals surface area contributed by atoms with Crippen LogP contribution in [0.25, 0.3) is 0 Å². The van der Waals surface area contributed by atoms with Crippen LogP contribution < -0.4 is 0 Å². The fourth-order valence-corrected chi connectivity index (χ4v) is 2.14. The van der Waals surface area contributed by atoms with Gasteiger partial charge in [-0.05, 0) is 6.92 Å². The molecule has 0 bridgehead atoms. The van der Waals surface area contributed by atoms with E-state index in [1.54, 1.807) is 38.1 Å². The molecule has 1 aromatic rings. The lowest BCUT2D eigenvalue weighted by Gasteiger charge is -2.20. The van der Waals surface area contributed by atoms with E-state index < -0.39 is 5.92 Å².